The Morgan fingerprint density at radius 2 is 1.52 bits per heavy atom. The van der Waals surface area contributed by atoms with Gasteiger partial charge in [-0.05, 0) is 43.0 Å². The third-order valence-corrected chi connectivity index (χ3v) is 7.82. The second-order valence-corrected chi connectivity index (χ2v) is 12.2. The Balaban J connectivity index is 1.84. The lowest BCUT2D eigenvalue weighted by Gasteiger charge is -2.35. The number of fused-ring (bicyclic) bond motifs is 1. The van der Waals surface area contributed by atoms with Crippen molar-refractivity contribution in [1.82, 2.24) is 15.0 Å². The zero-order valence-corrected chi connectivity index (χ0v) is 20.0. The van der Waals surface area contributed by atoms with Crippen LogP contribution in [-0.2, 0) is 22.2 Å². The number of alkyl halides is 2. The van der Waals surface area contributed by atoms with E-state index in [2.05, 4.69) is 29.4 Å². The molecule has 1 unspecified atom stereocenters. The first-order valence-corrected chi connectivity index (χ1v) is 13.7. The Bertz CT molecular complexity index is 1280. The quantitative estimate of drug-likeness (QED) is 0.265. The van der Waals surface area contributed by atoms with Crippen LogP contribution in [0.1, 0.15) is 36.5 Å². The molecule has 1 heterocycles. The SMILES string of the molecule is CCCC(Cc1ccc(C(F)(F)P(C)(C)=O)cc1)(c1ccccc1)n1nnc2ccccc21. The number of para-hydroxylation sites is 1. The summed E-state index contributed by atoms with van der Waals surface area (Å²) in [5.41, 5.74) is -0.390. The molecule has 0 saturated heterocycles. The van der Waals surface area contributed by atoms with Gasteiger partial charge in [0.2, 0.25) is 0 Å². The fraction of sp³-hybridized carbons (Fsp3) is 0.308. The van der Waals surface area contributed by atoms with Crippen LogP contribution in [0.2, 0.25) is 0 Å². The van der Waals surface area contributed by atoms with E-state index in [0.717, 1.165) is 48.3 Å². The minimum absolute atomic E-state index is 0.216. The molecular weight excluding hydrogens is 439 g/mol. The Morgan fingerprint density at radius 1 is 0.879 bits per heavy atom. The van der Waals surface area contributed by atoms with Gasteiger partial charge in [-0.25, -0.2) is 4.68 Å². The molecule has 0 N–H and O–H groups in total. The summed E-state index contributed by atoms with van der Waals surface area (Å²) in [5.74, 6) is 0. The van der Waals surface area contributed by atoms with Crippen LogP contribution in [0.3, 0.4) is 0 Å². The average Bonchev–Trinajstić information content (AvgIpc) is 3.24. The molecule has 0 amide bonds. The van der Waals surface area contributed by atoms with Crippen LogP contribution >= 0.6 is 7.14 Å². The lowest BCUT2D eigenvalue weighted by atomic mass is 9.80. The van der Waals surface area contributed by atoms with E-state index in [0.29, 0.717) is 6.42 Å². The van der Waals surface area contributed by atoms with Crippen LogP contribution in [-0.4, -0.2) is 28.3 Å². The van der Waals surface area contributed by atoms with Gasteiger partial charge in [0.15, 0.2) is 7.14 Å². The lowest BCUT2D eigenvalue weighted by Crippen LogP contribution is -2.38. The second kappa shape index (κ2) is 8.83. The van der Waals surface area contributed by atoms with Crippen LogP contribution in [0.25, 0.3) is 11.0 Å². The smallest absolute Gasteiger partial charge is 0.317 e. The van der Waals surface area contributed by atoms with Crippen molar-refractivity contribution in [3.63, 3.8) is 0 Å². The maximum Gasteiger partial charge on any atom is 0.322 e. The first kappa shape index (κ1) is 23.3. The molecule has 3 aromatic carbocycles. The topological polar surface area (TPSA) is 47.8 Å². The van der Waals surface area contributed by atoms with Gasteiger partial charge in [0.1, 0.15) is 5.52 Å². The molecule has 0 saturated carbocycles. The van der Waals surface area contributed by atoms with Gasteiger partial charge in [-0.3, -0.25) is 0 Å². The number of aromatic nitrogens is 3. The lowest BCUT2D eigenvalue weighted by molar-refractivity contribution is 0.0893. The van der Waals surface area contributed by atoms with Crippen molar-refractivity contribution >= 4 is 18.2 Å². The van der Waals surface area contributed by atoms with Crippen LogP contribution in [0.4, 0.5) is 8.78 Å². The van der Waals surface area contributed by atoms with Crippen molar-refractivity contribution in [2.75, 3.05) is 13.3 Å². The van der Waals surface area contributed by atoms with Crippen molar-refractivity contribution in [3.05, 3.63) is 95.6 Å². The monoisotopic (exact) mass is 467 g/mol. The molecule has 0 radical (unpaired) electrons. The van der Waals surface area contributed by atoms with E-state index >= 15 is 0 Å². The molecule has 4 nitrogen and oxygen atoms in total. The zero-order chi connectivity index (χ0) is 23.7. The summed E-state index contributed by atoms with van der Waals surface area (Å²) >= 11 is 0. The van der Waals surface area contributed by atoms with E-state index in [-0.39, 0.29) is 5.56 Å². The summed E-state index contributed by atoms with van der Waals surface area (Å²) in [6.07, 6.45) is 2.25. The molecule has 0 fully saturated rings. The minimum atomic E-state index is -3.63. The highest BCUT2D eigenvalue weighted by molar-refractivity contribution is 7.63. The molecule has 172 valence electrons. The van der Waals surface area contributed by atoms with Gasteiger partial charge in [0.25, 0.3) is 0 Å². The molecular formula is C26H28F2N3OP. The third-order valence-electron chi connectivity index (χ3n) is 6.21. The van der Waals surface area contributed by atoms with Crippen molar-refractivity contribution < 1.29 is 13.3 Å². The molecule has 7 heteroatoms. The summed E-state index contributed by atoms with van der Waals surface area (Å²) in [6.45, 7) is 4.37. The molecule has 4 rings (SSSR count). The van der Waals surface area contributed by atoms with E-state index in [4.69, 9.17) is 0 Å². The van der Waals surface area contributed by atoms with E-state index in [9.17, 15) is 13.3 Å². The van der Waals surface area contributed by atoms with Crippen molar-refractivity contribution in [2.24, 2.45) is 0 Å². The van der Waals surface area contributed by atoms with Crippen molar-refractivity contribution in [3.8, 4) is 0 Å². The molecule has 0 aliphatic heterocycles. The Labute approximate surface area is 193 Å². The fourth-order valence-electron chi connectivity index (χ4n) is 4.46. The zero-order valence-electron chi connectivity index (χ0n) is 19.1. The molecule has 0 spiro atoms. The number of rotatable bonds is 8. The van der Waals surface area contributed by atoms with Gasteiger partial charge in [-0.2, -0.15) is 8.78 Å². The van der Waals surface area contributed by atoms with E-state index in [1.165, 1.54) is 12.1 Å². The van der Waals surface area contributed by atoms with Crippen LogP contribution in [0.15, 0.2) is 78.9 Å². The first-order chi connectivity index (χ1) is 15.7. The molecule has 1 atom stereocenters. The first-order valence-electron chi connectivity index (χ1n) is 11.1. The third kappa shape index (κ3) is 4.24. The van der Waals surface area contributed by atoms with Crippen LogP contribution in [0, 0.1) is 0 Å². The summed E-state index contributed by atoms with van der Waals surface area (Å²) in [5, 5.41) is 8.95. The predicted molar refractivity (Wildman–Crippen MR) is 129 cm³/mol. The highest BCUT2D eigenvalue weighted by Gasteiger charge is 2.44. The number of benzene rings is 3. The van der Waals surface area contributed by atoms with Crippen molar-refractivity contribution in [2.45, 2.75) is 37.4 Å². The van der Waals surface area contributed by atoms with Gasteiger partial charge in [0, 0.05) is 12.0 Å². The van der Waals surface area contributed by atoms with Gasteiger partial charge in [-0.1, -0.05) is 85.3 Å². The van der Waals surface area contributed by atoms with Crippen LogP contribution < -0.4 is 0 Å². The average molecular weight is 468 g/mol. The summed E-state index contributed by atoms with van der Waals surface area (Å²) in [6, 6.07) is 24.2. The number of hydrogen-bond acceptors (Lipinski definition) is 3. The van der Waals surface area contributed by atoms with E-state index in [1.54, 1.807) is 12.1 Å². The second-order valence-electron chi connectivity index (χ2n) is 8.90. The Kier molecular flexibility index (Phi) is 6.24. The number of nitrogens with zero attached hydrogens (tertiary/aromatic N) is 3. The summed E-state index contributed by atoms with van der Waals surface area (Å²) < 4.78 is 43.4. The number of hydrogen-bond donors (Lipinski definition) is 0. The minimum Gasteiger partial charge on any atom is -0.317 e. The molecule has 33 heavy (non-hydrogen) atoms. The Hall–Kier alpha value is -2.85. The van der Waals surface area contributed by atoms with Gasteiger partial charge in [-0.15, -0.1) is 5.10 Å². The highest BCUT2D eigenvalue weighted by atomic mass is 31.2. The normalized spacial score (nSPS) is 14.3. The summed E-state index contributed by atoms with van der Waals surface area (Å²) in [7, 11) is -3.63. The molecule has 1 aromatic heterocycles. The fourth-order valence-corrected chi connectivity index (χ4v) is 5.23. The molecule has 0 aliphatic rings. The largest absolute Gasteiger partial charge is 0.322 e. The molecule has 0 bridgehead atoms. The maximum absolute atomic E-state index is 14.6. The van der Waals surface area contributed by atoms with Gasteiger partial charge >= 0.3 is 5.66 Å². The number of halogens is 2. The molecule has 0 aliphatic carbocycles. The van der Waals surface area contributed by atoms with Crippen molar-refractivity contribution in [1.29, 1.82) is 0 Å². The van der Waals surface area contributed by atoms with Crippen LogP contribution in [0.5, 0.6) is 0 Å². The highest BCUT2D eigenvalue weighted by Crippen LogP contribution is 2.60. The van der Waals surface area contributed by atoms with Gasteiger partial charge < -0.3 is 4.57 Å². The molecule has 4 aromatic rings. The Morgan fingerprint density at radius 3 is 2.15 bits per heavy atom. The summed E-state index contributed by atoms with van der Waals surface area (Å²) in [4.78, 5) is 0. The standard InChI is InChI=1S/C26H28F2N3OP/c1-4-18-25(21-10-6-5-7-11-21,31-24-13-9-8-12-23(24)29-30-31)19-20-14-16-22(17-15-20)26(27,28)33(2,3)32/h5-17H,4,18-19H2,1-3H3. The predicted octanol–water partition coefficient (Wildman–Crippen LogP) is 6.89. The van der Waals surface area contributed by atoms with Gasteiger partial charge in [0.05, 0.1) is 11.1 Å². The van der Waals surface area contributed by atoms with E-state index < -0.39 is 18.3 Å². The maximum atomic E-state index is 14.6. The van der Waals surface area contributed by atoms with E-state index in [1.807, 2.05) is 47.1 Å².